The minimum Gasteiger partial charge on any atom is -0.481 e. The highest BCUT2D eigenvalue weighted by Crippen LogP contribution is 2.48. The monoisotopic (exact) mass is 801 g/mol. The molecule has 2 aromatic carbocycles. The Balaban J connectivity index is 1.70. The van der Waals surface area contributed by atoms with E-state index in [4.69, 9.17) is 9.66 Å². The molecule has 2 heterocycles. The molecule has 1 atom stereocenters. The number of carboxylic acid groups (broad SMARTS) is 1. The van der Waals surface area contributed by atoms with Crippen molar-refractivity contribution in [3.8, 4) is 0 Å². The zero-order chi connectivity index (χ0) is 39.8. The second-order valence-corrected chi connectivity index (χ2v) is 16.5. The SMILES string of the molecule is CC1(CCCCS(=O)(=O)O)C(/C=C/C=C/C=C2\C=Cc3cc(F)ccc3N2CCCCS(=O)(=O)O)=[N+](CCCCCC(=O)O)c2c(F)c(F)c(F)c(F)c21. The lowest BCUT2D eigenvalue weighted by Crippen LogP contribution is -2.32. The molecule has 0 saturated carbocycles. The molecule has 4 rings (SSSR count). The molecule has 0 radical (unpaired) electrons. The number of aliphatic carboxylic acids is 1. The average molecular weight is 802 g/mol. The van der Waals surface area contributed by atoms with Crippen LogP contribution in [0.5, 0.6) is 0 Å². The van der Waals surface area contributed by atoms with Crippen LogP contribution in [-0.4, -0.2) is 71.9 Å². The number of carbonyl (C=O) groups is 1. The number of hydrogen-bond donors (Lipinski definition) is 3. The van der Waals surface area contributed by atoms with Crippen molar-refractivity contribution >= 4 is 49.4 Å². The number of carboxylic acids is 1. The van der Waals surface area contributed by atoms with Gasteiger partial charge in [-0.05, 0) is 75.8 Å². The largest absolute Gasteiger partial charge is 0.481 e. The molecule has 0 saturated heterocycles. The normalized spacial score (nSPS) is 18.1. The number of fused-ring (bicyclic) bond motifs is 2. The summed E-state index contributed by atoms with van der Waals surface area (Å²) in [6, 6.07) is 4.22. The van der Waals surface area contributed by atoms with E-state index in [1.807, 2.05) is 4.90 Å². The number of allylic oxidation sites excluding steroid dienone is 6. The third kappa shape index (κ3) is 10.7. The van der Waals surface area contributed by atoms with Crippen LogP contribution in [0.25, 0.3) is 6.08 Å². The van der Waals surface area contributed by atoms with E-state index >= 15 is 8.78 Å². The van der Waals surface area contributed by atoms with Gasteiger partial charge < -0.3 is 10.0 Å². The number of rotatable bonds is 19. The van der Waals surface area contributed by atoms with E-state index in [1.54, 1.807) is 42.5 Å². The van der Waals surface area contributed by atoms with Gasteiger partial charge in [0.1, 0.15) is 12.4 Å². The highest BCUT2D eigenvalue weighted by Gasteiger charge is 2.53. The molecule has 0 aromatic heterocycles. The first kappa shape index (κ1) is 42.6. The second-order valence-electron chi connectivity index (χ2n) is 13.3. The van der Waals surface area contributed by atoms with Crippen LogP contribution < -0.4 is 4.90 Å². The quantitative estimate of drug-likeness (QED) is 0.0248. The molecular weight excluding hydrogens is 760 g/mol. The molecular formula is C37H42F5N2O8S2+. The highest BCUT2D eigenvalue weighted by atomic mass is 32.2. The van der Waals surface area contributed by atoms with Crippen molar-refractivity contribution < 1.29 is 62.4 Å². The van der Waals surface area contributed by atoms with E-state index in [0.29, 0.717) is 36.3 Å². The summed E-state index contributed by atoms with van der Waals surface area (Å²) in [7, 11) is -8.48. The van der Waals surface area contributed by atoms with Gasteiger partial charge in [0.2, 0.25) is 11.6 Å². The van der Waals surface area contributed by atoms with Crippen molar-refractivity contribution in [3.63, 3.8) is 0 Å². The summed E-state index contributed by atoms with van der Waals surface area (Å²) in [6.45, 7) is 1.81. The molecule has 10 nitrogen and oxygen atoms in total. The van der Waals surface area contributed by atoms with Gasteiger partial charge in [-0.25, -0.2) is 17.6 Å². The maximum atomic E-state index is 15.7. The fourth-order valence-corrected chi connectivity index (χ4v) is 7.93. The van der Waals surface area contributed by atoms with Gasteiger partial charge in [0.15, 0.2) is 17.3 Å². The molecule has 0 amide bonds. The summed E-state index contributed by atoms with van der Waals surface area (Å²) < 4.78 is 139. The Bertz CT molecular complexity index is 2130. The first-order valence-corrected chi connectivity index (χ1v) is 20.5. The van der Waals surface area contributed by atoms with Gasteiger partial charge in [0.25, 0.3) is 25.9 Å². The molecule has 0 spiro atoms. The first-order chi connectivity index (χ1) is 25.3. The number of unbranched alkanes of at least 4 members (excludes halogenated alkanes) is 4. The number of nitrogens with zero attached hydrogens (tertiary/aromatic N) is 2. The summed E-state index contributed by atoms with van der Waals surface area (Å²) in [4.78, 5) is 12.8. The number of hydrogen-bond acceptors (Lipinski definition) is 6. The van der Waals surface area contributed by atoms with Gasteiger partial charge >= 0.3 is 5.97 Å². The smallest absolute Gasteiger partial charge is 0.303 e. The Kier molecular flexibility index (Phi) is 14.2. The standard InChI is InChI=1S/C37H41F5N2O8S2/c1-37(19-7-10-22-53(47,48)49)29(44(21-8-3-6-14-30(45)46)36-31(37)32(39)33(40)34(41)35(36)42)13-5-2-4-12-27-17-15-25-24-26(38)16-18-28(25)43(27)20-9-11-23-54(50,51)52/h2,4-5,12-13,15-18,24H,3,6-11,14,19-23H2,1H3,(H2-,45,46,47,48,49,50,51,52)/p+1. The molecule has 1 unspecified atom stereocenters. The van der Waals surface area contributed by atoms with E-state index in [2.05, 4.69) is 0 Å². The molecule has 0 fully saturated rings. The Morgan fingerprint density at radius 1 is 0.815 bits per heavy atom. The first-order valence-electron chi connectivity index (χ1n) is 17.3. The Labute approximate surface area is 311 Å². The van der Waals surface area contributed by atoms with Gasteiger partial charge in [-0.3, -0.25) is 13.9 Å². The van der Waals surface area contributed by atoms with E-state index in [0.717, 1.165) is 0 Å². The molecule has 2 aliphatic rings. The lowest BCUT2D eigenvalue weighted by Gasteiger charge is -2.30. The third-order valence-corrected chi connectivity index (χ3v) is 10.9. The van der Waals surface area contributed by atoms with Gasteiger partial charge in [0, 0.05) is 42.4 Å². The summed E-state index contributed by atoms with van der Waals surface area (Å²) in [5.41, 5.74) is -0.317. The van der Waals surface area contributed by atoms with E-state index < -0.39 is 83.5 Å². The Morgan fingerprint density at radius 3 is 2.15 bits per heavy atom. The molecule has 2 aromatic rings. The van der Waals surface area contributed by atoms with Crippen LogP contribution in [-0.2, 0) is 30.4 Å². The summed E-state index contributed by atoms with van der Waals surface area (Å²) in [6.07, 6.45) is 12.7. The van der Waals surface area contributed by atoms with Crippen molar-refractivity contribution in [2.45, 2.75) is 70.1 Å². The fourth-order valence-electron chi connectivity index (χ4n) is 6.79. The molecule has 0 bridgehead atoms. The number of benzene rings is 2. The molecule has 0 aliphatic carbocycles. The van der Waals surface area contributed by atoms with Crippen molar-refractivity contribution in [1.82, 2.24) is 0 Å². The minimum absolute atomic E-state index is 0.0144. The van der Waals surface area contributed by atoms with Crippen LogP contribution >= 0.6 is 0 Å². The van der Waals surface area contributed by atoms with Crippen LogP contribution in [0.1, 0.15) is 75.8 Å². The summed E-state index contributed by atoms with van der Waals surface area (Å²) in [5.74, 6) is -9.69. The summed E-state index contributed by atoms with van der Waals surface area (Å²) >= 11 is 0. The van der Waals surface area contributed by atoms with Gasteiger partial charge in [-0.15, -0.1) is 0 Å². The predicted octanol–water partition coefficient (Wildman–Crippen LogP) is 7.64. The second kappa shape index (κ2) is 18.0. The molecule has 54 heavy (non-hydrogen) atoms. The van der Waals surface area contributed by atoms with Crippen LogP contribution in [0.15, 0.2) is 60.4 Å². The van der Waals surface area contributed by atoms with Gasteiger partial charge in [-0.1, -0.05) is 30.7 Å². The third-order valence-electron chi connectivity index (χ3n) is 9.32. The molecule has 2 aliphatic heterocycles. The van der Waals surface area contributed by atoms with Crippen LogP contribution in [0, 0.1) is 29.1 Å². The van der Waals surface area contributed by atoms with Crippen molar-refractivity contribution in [2.24, 2.45) is 0 Å². The van der Waals surface area contributed by atoms with E-state index in [9.17, 15) is 39.4 Å². The lowest BCUT2D eigenvalue weighted by molar-refractivity contribution is -0.441. The molecule has 17 heteroatoms. The van der Waals surface area contributed by atoms with Crippen LogP contribution in [0.4, 0.5) is 33.3 Å². The van der Waals surface area contributed by atoms with E-state index in [-0.39, 0.29) is 57.2 Å². The topological polar surface area (TPSA) is 152 Å². The number of halogens is 5. The zero-order valence-corrected chi connectivity index (χ0v) is 31.1. The maximum absolute atomic E-state index is 15.7. The molecule has 294 valence electrons. The predicted molar refractivity (Wildman–Crippen MR) is 195 cm³/mol. The Morgan fingerprint density at radius 2 is 1.48 bits per heavy atom. The fraction of sp³-hybridized carbons (Fsp3) is 0.405. The zero-order valence-electron chi connectivity index (χ0n) is 29.4. The average Bonchev–Trinajstić information content (AvgIpc) is 3.32. The van der Waals surface area contributed by atoms with E-state index in [1.165, 1.54) is 29.7 Å². The number of anilines is 1. The van der Waals surface area contributed by atoms with Gasteiger partial charge in [-0.2, -0.15) is 25.8 Å². The highest BCUT2D eigenvalue weighted by molar-refractivity contribution is 7.86. The van der Waals surface area contributed by atoms with Gasteiger partial charge in [0.05, 0.1) is 22.5 Å². The van der Waals surface area contributed by atoms with Crippen LogP contribution in [0.2, 0.25) is 0 Å². The molecule has 3 N–H and O–H groups in total. The van der Waals surface area contributed by atoms with Crippen LogP contribution in [0.3, 0.4) is 0 Å². The van der Waals surface area contributed by atoms with Crippen molar-refractivity contribution in [1.29, 1.82) is 0 Å². The lowest BCUT2D eigenvalue weighted by atomic mass is 9.75. The van der Waals surface area contributed by atoms with Crippen molar-refractivity contribution in [3.05, 3.63) is 101 Å². The maximum Gasteiger partial charge on any atom is 0.303 e. The minimum atomic E-state index is -4.33. The summed E-state index contributed by atoms with van der Waals surface area (Å²) in [5, 5.41) is 9.00. The Hall–Kier alpha value is -4.19. The van der Waals surface area contributed by atoms with Crippen molar-refractivity contribution in [2.75, 3.05) is 29.5 Å².